The average Bonchev–Trinajstić information content (AvgIpc) is 0.840. The van der Waals surface area contributed by atoms with Crippen molar-refractivity contribution in [2.24, 2.45) is 0 Å². The molecule has 92 heavy (non-hydrogen) atoms. The van der Waals surface area contributed by atoms with E-state index in [4.69, 9.17) is 28.4 Å². The number of unbranched alkanes of at least 4 members (excludes halogenated alkanes) is 32. The van der Waals surface area contributed by atoms with E-state index < -0.39 is 124 Å². The Morgan fingerprint density at radius 3 is 1.17 bits per heavy atom. The van der Waals surface area contributed by atoms with Crippen molar-refractivity contribution < 1.29 is 89.4 Å². The van der Waals surface area contributed by atoms with E-state index in [2.05, 4.69) is 67.8 Å². The molecule has 19 nitrogen and oxygen atoms in total. The largest absolute Gasteiger partial charge is 0.394 e. The van der Waals surface area contributed by atoms with Crippen LogP contribution in [-0.2, 0) is 33.2 Å². The molecule has 0 bridgehead atoms. The van der Waals surface area contributed by atoms with Crippen molar-refractivity contribution >= 4 is 5.91 Å². The first-order valence-corrected chi connectivity index (χ1v) is 36.5. The monoisotopic (exact) mass is 1310 g/mol. The SMILES string of the molecule is CC/C=C\C/C=C\C/C=C\C/C=C\CCCCCCCCCCCCCCCCCCCCCCC(=O)NC(COC1OC(CO)C(OC2OC(CO)C(OC3OC(CO)C(O)C(O)C3O)C(O)C2O)C(O)C1O)C(O)/C=C/CCCCCCCCCCCCCC. The minimum absolute atomic E-state index is 0.244. The Hall–Kier alpha value is -2.51. The number of amides is 1. The fraction of sp³-hybridized carbons (Fsp3) is 0.849. The van der Waals surface area contributed by atoms with Gasteiger partial charge in [0.1, 0.15) is 73.2 Å². The van der Waals surface area contributed by atoms with E-state index >= 15 is 0 Å². The van der Waals surface area contributed by atoms with E-state index in [0.29, 0.717) is 6.42 Å². The molecule has 0 spiro atoms. The summed E-state index contributed by atoms with van der Waals surface area (Å²) in [6.07, 6.45) is 40.7. The molecular weight excluding hydrogens is 1180 g/mol. The first-order chi connectivity index (χ1) is 44.8. The molecule has 3 aliphatic rings. The Kier molecular flexibility index (Phi) is 49.6. The lowest BCUT2D eigenvalue weighted by atomic mass is 9.96. The van der Waals surface area contributed by atoms with E-state index in [9.17, 15) is 61.0 Å². The Labute approximate surface area is 554 Å². The van der Waals surface area contributed by atoms with Gasteiger partial charge in [0.25, 0.3) is 0 Å². The predicted octanol–water partition coefficient (Wildman–Crippen LogP) is 10.3. The number of hydrogen-bond acceptors (Lipinski definition) is 18. The summed E-state index contributed by atoms with van der Waals surface area (Å²) >= 11 is 0. The van der Waals surface area contributed by atoms with Crippen LogP contribution in [0, 0.1) is 0 Å². The summed E-state index contributed by atoms with van der Waals surface area (Å²) in [5.74, 6) is -0.274. The second-order valence-corrected chi connectivity index (χ2v) is 26.0. The number of ether oxygens (including phenoxy) is 6. The molecule has 3 aliphatic heterocycles. The zero-order valence-electron chi connectivity index (χ0n) is 56.8. The van der Waals surface area contributed by atoms with Gasteiger partial charge in [-0.1, -0.05) is 261 Å². The molecule has 0 aliphatic carbocycles. The van der Waals surface area contributed by atoms with Crippen LogP contribution in [0.2, 0.25) is 0 Å². The number of carbonyl (C=O) groups excluding carboxylic acids is 1. The lowest BCUT2D eigenvalue weighted by molar-refractivity contribution is -0.379. The highest BCUT2D eigenvalue weighted by Crippen LogP contribution is 2.33. The molecule has 17 unspecified atom stereocenters. The maximum Gasteiger partial charge on any atom is 0.220 e. The maximum absolute atomic E-state index is 13.4. The minimum atomic E-state index is -1.98. The van der Waals surface area contributed by atoms with Gasteiger partial charge >= 0.3 is 0 Å². The molecule has 3 saturated heterocycles. The van der Waals surface area contributed by atoms with Gasteiger partial charge in [-0.25, -0.2) is 0 Å². The molecule has 0 aromatic carbocycles. The molecule has 1 amide bonds. The topological polar surface area (TPSA) is 307 Å². The number of rotatable bonds is 56. The zero-order chi connectivity index (χ0) is 66.8. The molecule has 3 rings (SSSR count). The standard InChI is InChI=1S/C73H131NO18/c1-3-5-7-9-11-13-15-17-19-20-21-22-23-24-25-26-27-28-29-30-31-32-33-34-35-36-37-39-41-43-45-47-49-51-61(79)74-56(57(78)50-48-46-44-42-40-38-18-16-14-12-10-8-6-4-2)55-87-71-67(85)64(82)69(59(53-76)89-71)92-73-68(86)65(83)70(60(54-77)90-73)91-72-66(84)63(81)62(80)58(52-75)88-72/h5,7,11,13,17,19,21-22,48,50,56-60,62-73,75-78,80-86H,3-4,6,8-10,12,14-16,18,20,23-47,49,51-55H2,1-2H3,(H,74,79)/b7-5-,13-11-,19-17-,22-21-,50-48+. The first-order valence-electron chi connectivity index (χ1n) is 36.5. The van der Waals surface area contributed by atoms with Crippen LogP contribution in [0.4, 0.5) is 0 Å². The summed E-state index contributed by atoms with van der Waals surface area (Å²) < 4.78 is 34.3. The Bertz CT molecular complexity index is 1900. The van der Waals surface area contributed by atoms with Crippen molar-refractivity contribution in [1.29, 1.82) is 0 Å². The van der Waals surface area contributed by atoms with Crippen LogP contribution in [0.3, 0.4) is 0 Å². The summed E-state index contributed by atoms with van der Waals surface area (Å²) in [5.41, 5.74) is 0. The lowest BCUT2D eigenvalue weighted by Crippen LogP contribution is -2.66. The van der Waals surface area contributed by atoms with Crippen LogP contribution < -0.4 is 5.32 Å². The highest BCUT2D eigenvalue weighted by atomic mass is 16.8. The number of carbonyl (C=O) groups is 1. The molecule has 3 heterocycles. The predicted molar refractivity (Wildman–Crippen MR) is 360 cm³/mol. The number of aliphatic hydroxyl groups excluding tert-OH is 11. The lowest BCUT2D eigenvalue weighted by Gasteiger charge is -2.48. The first kappa shape index (κ1) is 83.7. The van der Waals surface area contributed by atoms with Crippen molar-refractivity contribution in [3.05, 3.63) is 60.8 Å². The highest BCUT2D eigenvalue weighted by molar-refractivity contribution is 5.76. The van der Waals surface area contributed by atoms with Crippen molar-refractivity contribution in [2.75, 3.05) is 26.4 Å². The van der Waals surface area contributed by atoms with E-state index in [0.717, 1.165) is 70.6 Å². The number of allylic oxidation sites excluding steroid dienone is 9. The van der Waals surface area contributed by atoms with Gasteiger partial charge < -0.3 is 89.9 Å². The van der Waals surface area contributed by atoms with E-state index in [1.54, 1.807) is 6.08 Å². The van der Waals surface area contributed by atoms with Crippen molar-refractivity contribution in [3.8, 4) is 0 Å². The van der Waals surface area contributed by atoms with Crippen molar-refractivity contribution in [2.45, 2.75) is 369 Å². The van der Waals surface area contributed by atoms with Crippen LogP contribution in [-0.4, -0.2) is 193 Å². The summed E-state index contributed by atoms with van der Waals surface area (Å²) in [4.78, 5) is 13.4. The summed E-state index contributed by atoms with van der Waals surface area (Å²) in [6.45, 7) is 1.63. The molecule has 0 aromatic heterocycles. The van der Waals surface area contributed by atoms with Gasteiger partial charge in [0.15, 0.2) is 18.9 Å². The maximum atomic E-state index is 13.4. The molecule has 12 N–H and O–H groups in total. The summed E-state index contributed by atoms with van der Waals surface area (Å²) in [7, 11) is 0. The van der Waals surface area contributed by atoms with Gasteiger partial charge in [0.05, 0.1) is 38.6 Å². The Morgan fingerprint density at radius 1 is 0.402 bits per heavy atom. The Balaban J connectivity index is 1.35. The average molecular weight is 1310 g/mol. The smallest absolute Gasteiger partial charge is 0.220 e. The minimum Gasteiger partial charge on any atom is -0.394 e. The second-order valence-electron chi connectivity index (χ2n) is 26.0. The normalized spacial score (nSPS) is 28.0. The summed E-state index contributed by atoms with van der Waals surface area (Å²) in [6, 6.07) is -0.973. The van der Waals surface area contributed by atoms with Gasteiger partial charge in [-0.3, -0.25) is 4.79 Å². The molecule has 3 fully saturated rings. The van der Waals surface area contributed by atoms with Crippen molar-refractivity contribution in [3.63, 3.8) is 0 Å². The molecule has 0 radical (unpaired) electrons. The van der Waals surface area contributed by atoms with Crippen LogP contribution in [0.25, 0.3) is 0 Å². The number of hydrogen-bond donors (Lipinski definition) is 12. The van der Waals surface area contributed by atoms with Crippen LogP contribution >= 0.6 is 0 Å². The number of nitrogens with one attached hydrogen (secondary N) is 1. The van der Waals surface area contributed by atoms with Gasteiger partial charge in [-0.2, -0.15) is 0 Å². The van der Waals surface area contributed by atoms with E-state index in [1.165, 1.54) is 167 Å². The third-order valence-corrected chi connectivity index (χ3v) is 18.1. The van der Waals surface area contributed by atoms with Crippen molar-refractivity contribution in [1.82, 2.24) is 5.32 Å². The molecule has 19 heteroatoms. The zero-order valence-corrected chi connectivity index (χ0v) is 56.8. The van der Waals surface area contributed by atoms with Gasteiger partial charge in [0.2, 0.25) is 5.91 Å². The molecular formula is C73H131NO18. The fourth-order valence-electron chi connectivity index (χ4n) is 12.2. The quantitative estimate of drug-likeness (QED) is 0.0199. The van der Waals surface area contributed by atoms with Crippen LogP contribution in [0.1, 0.15) is 264 Å². The Morgan fingerprint density at radius 2 is 0.750 bits per heavy atom. The third kappa shape index (κ3) is 35.7. The fourth-order valence-corrected chi connectivity index (χ4v) is 12.2. The van der Waals surface area contributed by atoms with Gasteiger partial charge in [-0.15, -0.1) is 0 Å². The number of aliphatic hydroxyl groups is 11. The van der Waals surface area contributed by atoms with Crippen LogP contribution in [0.5, 0.6) is 0 Å². The second kappa shape index (κ2) is 54.5. The summed E-state index contributed by atoms with van der Waals surface area (Å²) in [5, 5.41) is 120. The molecule has 536 valence electrons. The third-order valence-electron chi connectivity index (χ3n) is 18.1. The molecule has 0 saturated carbocycles. The molecule has 0 aromatic rings. The van der Waals surface area contributed by atoms with Gasteiger partial charge in [-0.05, 0) is 57.8 Å². The molecule has 17 atom stereocenters. The van der Waals surface area contributed by atoms with Crippen LogP contribution in [0.15, 0.2) is 60.8 Å². The van der Waals surface area contributed by atoms with E-state index in [-0.39, 0.29) is 18.9 Å². The van der Waals surface area contributed by atoms with E-state index in [1.807, 2.05) is 6.08 Å². The highest BCUT2D eigenvalue weighted by Gasteiger charge is 2.53. The van der Waals surface area contributed by atoms with Gasteiger partial charge in [0, 0.05) is 6.42 Å².